The van der Waals surface area contributed by atoms with Gasteiger partial charge in [0, 0.05) is 0 Å². The Morgan fingerprint density at radius 1 is 0.938 bits per heavy atom. The number of hydrogen-bond donors (Lipinski definition) is 6. The van der Waals surface area contributed by atoms with E-state index in [2.05, 4.69) is 0 Å². The Labute approximate surface area is 91.5 Å². The van der Waals surface area contributed by atoms with Gasteiger partial charge >= 0.3 is 10.4 Å². The third-order valence-electron chi connectivity index (χ3n) is 1.82. The average molecular weight is 262 g/mol. The van der Waals surface area contributed by atoms with Crippen LogP contribution in [0, 0.1) is 0 Å². The molecule has 0 amide bonds. The summed E-state index contributed by atoms with van der Waals surface area (Å²) in [5.74, 6) is 0. The average Bonchev–Trinajstić information content (AvgIpc) is 2.41. The highest BCUT2D eigenvalue weighted by atomic mass is 32.3. The summed E-state index contributed by atoms with van der Waals surface area (Å²) in [5, 5.41) is 35.4. The molecule has 0 aromatic heterocycles. The van der Waals surface area contributed by atoms with Crippen molar-refractivity contribution in [3.05, 3.63) is 0 Å². The van der Waals surface area contributed by atoms with Crippen LogP contribution in [0.2, 0.25) is 0 Å². The van der Waals surface area contributed by atoms with Gasteiger partial charge in [0.1, 0.15) is 24.4 Å². The predicted molar refractivity (Wildman–Crippen MR) is 49.0 cm³/mol. The molecule has 1 fully saturated rings. The lowest BCUT2D eigenvalue weighted by Gasteiger charge is -2.10. The molecule has 0 bridgehead atoms. The molecule has 0 unspecified atom stereocenters. The molecule has 0 saturated carbocycles. The summed E-state index contributed by atoms with van der Waals surface area (Å²) < 4.78 is 36.5. The zero-order valence-electron chi connectivity index (χ0n) is 8.04. The Morgan fingerprint density at radius 2 is 1.19 bits per heavy atom. The molecule has 1 aliphatic rings. The van der Waals surface area contributed by atoms with Crippen LogP contribution in [-0.2, 0) is 15.1 Å². The maximum atomic E-state index is 9.11. The summed E-state index contributed by atoms with van der Waals surface area (Å²) in [6.07, 6.45) is -3.75. The molecule has 0 aromatic rings. The van der Waals surface area contributed by atoms with Gasteiger partial charge in [-0.2, -0.15) is 8.42 Å². The fourth-order valence-electron chi connectivity index (χ4n) is 1.13. The quantitative estimate of drug-likeness (QED) is 0.281. The third kappa shape index (κ3) is 5.67. The van der Waals surface area contributed by atoms with Crippen molar-refractivity contribution in [1.82, 2.24) is 0 Å². The summed E-state index contributed by atoms with van der Waals surface area (Å²) in [5.41, 5.74) is 0. The summed E-state index contributed by atoms with van der Waals surface area (Å²) in [6, 6.07) is 0. The molecule has 6 N–H and O–H groups in total. The van der Waals surface area contributed by atoms with E-state index in [1.54, 1.807) is 0 Å². The molecule has 9 nitrogen and oxygen atoms in total. The molecule has 0 aromatic carbocycles. The Kier molecular flexibility index (Phi) is 6.28. The number of ether oxygens (including phenoxy) is 1. The molecule has 1 aliphatic heterocycles. The first-order valence-electron chi connectivity index (χ1n) is 4.14. The van der Waals surface area contributed by atoms with Crippen LogP contribution in [0.3, 0.4) is 0 Å². The van der Waals surface area contributed by atoms with Gasteiger partial charge in [-0.15, -0.1) is 0 Å². The Hall–Kier alpha value is -0.330. The van der Waals surface area contributed by atoms with Gasteiger partial charge in [0.15, 0.2) is 0 Å². The monoisotopic (exact) mass is 262 g/mol. The summed E-state index contributed by atoms with van der Waals surface area (Å²) >= 11 is 0. The molecule has 10 heteroatoms. The first-order valence-corrected chi connectivity index (χ1v) is 5.53. The summed E-state index contributed by atoms with van der Waals surface area (Å²) in [4.78, 5) is 0. The van der Waals surface area contributed by atoms with Gasteiger partial charge in [-0.1, -0.05) is 0 Å². The molecule has 1 saturated heterocycles. The minimum absolute atomic E-state index is 0.352. The van der Waals surface area contributed by atoms with Gasteiger partial charge in [-0.3, -0.25) is 9.11 Å². The van der Waals surface area contributed by atoms with Crippen LogP contribution in [0.1, 0.15) is 0 Å². The maximum absolute atomic E-state index is 9.11. The van der Waals surface area contributed by atoms with E-state index in [1.807, 2.05) is 0 Å². The first-order chi connectivity index (χ1) is 7.20. The molecular formula is C6H14O9S. The van der Waals surface area contributed by atoms with E-state index in [9.17, 15) is 0 Å². The highest BCUT2D eigenvalue weighted by Crippen LogP contribution is 2.20. The maximum Gasteiger partial charge on any atom is 0.394 e. The molecule has 16 heavy (non-hydrogen) atoms. The highest BCUT2D eigenvalue weighted by Gasteiger charge is 2.41. The van der Waals surface area contributed by atoms with Crippen LogP contribution in [0.4, 0.5) is 0 Å². The number of rotatable bonds is 2. The lowest BCUT2D eigenvalue weighted by atomic mass is 10.1. The largest absolute Gasteiger partial charge is 0.394 e. The molecule has 1 rings (SSSR count). The van der Waals surface area contributed by atoms with E-state index >= 15 is 0 Å². The van der Waals surface area contributed by atoms with Crippen molar-refractivity contribution in [2.24, 2.45) is 0 Å². The van der Waals surface area contributed by atoms with Gasteiger partial charge in [0.05, 0.1) is 13.2 Å². The van der Waals surface area contributed by atoms with Gasteiger partial charge in [0.2, 0.25) is 0 Å². The molecular weight excluding hydrogens is 248 g/mol. The second-order valence-electron chi connectivity index (χ2n) is 3.01. The lowest BCUT2D eigenvalue weighted by Crippen LogP contribution is -2.34. The van der Waals surface area contributed by atoms with Crippen molar-refractivity contribution >= 4 is 10.4 Å². The third-order valence-corrected chi connectivity index (χ3v) is 1.82. The van der Waals surface area contributed by atoms with Crippen LogP contribution in [-0.4, -0.2) is 75.6 Å². The van der Waals surface area contributed by atoms with Crippen molar-refractivity contribution in [3.63, 3.8) is 0 Å². The van der Waals surface area contributed by atoms with E-state index in [1.165, 1.54) is 0 Å². The Bertz CT molecular complexity index is 262. The van der Waals surface area contributed by atoms with E-state index in [-0.39, 0.29) is 13.2 Å². The Balaban J connectivity index is 0.000000385. The lowest BCUT2D eigenvalue weighted by molar-refractivity contribution is -0.0395. The van der Waals surface area contributed by atoms with Gasteiger partial charge < -0.3 is 25.2 Å². The normalized spacial score (nSPS) is 34.4. The molecule has 0 radical (unpaired) electrons. The van der Waals surface area contributed by atoms with Gasteiger partial charge in [0.25, 0.3) is 0 Å². The van der Waals surface area contributed by atoms with E-state index in [0.717, 1.165) is 0 Å². The van der Waals surface area contributed by atoms with E-state index in [4.69, 9.17) is 42.7 Å². The summed E-state index contributed by atoms with van der Waals surface area (Å²) in [6.45, 7) is -0.705. The van der Waals surface area contributed by atoms with Crippen LogP contribution < -0.4 is 0 Å². The summed E-state index contributed by atoms with van der Waals surface area (Å²) in [7, 11) is -4.67. The molecule has 0 aliphatic carbocycles. The highest BCUT2D eigenvalue weighted by molar-refractivity contribution is 7.79. The number of aliphatic hydroxyl groups is 4. The predicted octanol–water partition coefficient (Wildman–Crippen LogP) is -3.19. The van der Waals surface area contributed by atoms with E-state index < -0.39 is 34.8 Å². The first kappa shape index (κ1) is 15.7. The SMILES string of the molecule is O=S(=O)(O)O.OC[C@@H]1O[C@H](CO)[C@@H](O)[C@@H]1O. The second-order valence-corrected chi connectivity index (χ2v) is 3.90. The molecule has 4 atom stereocenters. The molecule has 0 spiro atoms. The topological polar surface area (TPSA) is 165 Å². The van der Waals surface area contributed by atoms with Crippen LogP contribution in [0.15, 0.2) is 0 Å². The van der Waals surface area contributed by atoms with Gasteiger partial charge in [-0.25, -0.2) is 0 Å². The van der Waals surface area contributed by atoms with Crippen molar-refractivity contribution in [2.75, 3.05) is 13.2 Å². The zero-order valence-corrected chi connectivity index (χ0v) is 8.86. The minimum atomic E-state index is -4.67. The van der Waals surface area contributed by atoms with Crippen molar-refractivity contribution in [1.29, 1.82) is 0 Å². The smallest absolute Gasteiger partial charge is 0.394 e. The van der Waals surface area contributed by atoms with Crippen molar-refractivity contribution < 1.29 is 42.7 Å². The van der Waals surface area contributed by atoms with Crippen molar-refractivity contribution in [2.45, 2.75) is 24.4 Å². The fourth-order valence-corrected chi connectivity index (χ4v) is 1.13. The number of aliphatic hydroxyl groups excluding tert-OH is 4. The molecule has 98 valence electrons. The molecule has 1 heterocycles. The zero-order chi connectivity index (χ0) is 12.9. The fraction of sp³-hybridized carbons (Fsp3) is 1.00. The van der Waals surface area contributed by atoms with Gasteiger partial charge in [-0.05, 0) is 0 Å². The standard InChI is InChI=1S/C6H12O5.H2O4S/c7-1-3-5(9)6(10)4(2-8)11-3;1-5(2,3)4/h3-10H,1-2H2;(H2,1,2,3,4)/t3-,4+,5-,6-;/m1./s1. The van der Waals surface area contributed by atoms with Crippen LogP contribution in [0.25, 0.3) is 0 Å². The Morgan fingerprint density at radius 3 is 1.31 bits per heavy atom. The minimum Gasteiger partial charge on any atom is -0.394 e. The van der Waals surface area contributed by atoms with E-state index in [0.29, 0.717) is 0 Å². The second kappa shape index (κ2) is 6.42. The number of hydrogen-bond acceptors (Lipinski definition) is 7. The van der Waals surface area contributed by atoms with Crippen LogP contribution in [0.5, 0.6) is 0 Å². The van der Waals surface area contributed by atoms with Crippen LogP contribution >= 0.6 is 0 Å². The van der Waals surface area contributed by atoms with Crippen molar-refractivity contribution in [3.8, 4) is 0 Å².